The van der Waals surface area contributed by atoms with E-state index in [1.807, 2.05) is 0 Å². The van der Waals surface area contributed by atoms with Crippen LogP contribution in [0.5, 0.6) is 0 Å². The highest BCUT2D eigenvalue weighted by Crippen LogP contribution is 2.24. The number of aryl methyl sites for hydroxylation is 1. The molecule has 134 valence electrons. The highest BCUT2D eigenvalue weighted by atomic mass is 16.4. The first-order valence-corrected chi connectivity index (χ1v) is 8.36. The van der Waals surface area contributed by atoms with Crippen molar-refractivity contribution in [3.63, 3.8) is 0 Å². The molecule has 6 nitrogen and oxygen atoms in total. The van der Waals surface area contributed by atoms with Gasteiger partial charge < -0.3 is 20.4 Å². The fourth-order valence-electron chi connectivity index (χ4n) is 2.83. The lowest BCUT2D eigenvalue weighted by Gasteiger charge is -2.15. The maximum atomic E-state index is 11.7. The summed E-state index contributed by atoms with van der Waals surface area (Å²) in [7, 11) is 0. The summed E-state index contributed by atoms with van der Waals surface area (Å²) >= 11 is 0. The van der Waals surface area contributed by atoms with Crippen LogP contribution in [0.2, 0.25) is 0 Å². The van der Waals surface area contributed by atoms with Crippen molar-refractivity contribution >= 4 is 11.9 Å². The van der Waals surface area contributed by atoms with Crippen LogP contribution >= 0.6 is 0 Å². The second-order valence-electron chi connectivity index (χ2n) is 5.80. The van der Waals surface area contributed by atoms with Gasteiger partial charge in [0.1, 0.15) is 0 Å². The Hall–Kier alpha value is -1.92. The van der Waals surface area contributed by atoms with Crippen molar-refractivity contribution in [1.29, 1.82) is 0 Å². The summed E-state index contributed by atoms with van der Waals surface area (Å²) < 4.78 is 0. The summed E-state index contributed by atoms with van der Waals surface area (Å²) in [5.41, 5.74) is 1.15. The molecule has 0 bridgehead atoms. The molecule has 0 fully saturated rings. The molecule has 1 aromatic rings. The molecule has 0 heterocycles. The number of aliphatic hydroxyl groups is 2. The fraction of sp³-hybridized carbons (Fsp3) is 0.556. The highest BCUT2D eigenvalue weighted by Gasteiger charge is 2.21. The number of benzene rings is 1. The molecule has 0 saturated carbocycles. The first-order valence-electron chi connectivity index (χ1n) is 8.36. The van der Waals surface area contributed by atoms with Crippen LogP contribution in [-0.2, 0) is 12.8 Å². The molecule has 24 heavy (non-hydrogen) atoms. The Bertz CT molecular complexity index is 553. The first-order chi connectivity index (χ1) is 11.5. The van der Waals surface area contributed by atoms with Gasteiger partial charge in [0.05, 0.1) is 11.1 Å². The van der Waals surface area contributed by atoms with Crippen LogP contribution in [0.4, 0.5) is 0 Å². The van der Waals surface area contributed by atoms with Gasteiger partial charge in [-0.15, -0.1) is 0 Å². The zero-order valence-corrected chi connectivity index (χ0v) is 13.8. The van der Waals surface area contributed by atoms with Gasteiger partial charge in [0, 0.05) is 13.2 Å². The standard InChI is InChI=1S/C18H26O6/c19-11-5-1-3-7-13-9-10-15(17(21)22)14(16(13)18(23)24)8-4-2-6-12-20/h9-10,19-20H,1-8,11-12H2,(H,21,22)(H,23,24). The van der Waals surface area contributed by atoms with Crippen molar-refractivity contribution in [3.8, 4) is 0 Å². The fourth-order valence-corrected chi connectivity index (χ4v) is 2.83. The average Bonchev–Trinajstić information content (AvgIpc) is 2.54. The Morgan fingerprint density at radius 2 is 1.33 bits per heavy atom. The lowest BCUT2D eigenvalue weighted by Crippen LogP contribution is -2.13. The number of carboxylic acids is 2. The van der Waals surface area contributed by atoms with Gasteiger partial charge in [-0.25, -0.2) is 9.59 Å². The predicted molar refractivity (Wildman–Crippen MR) is 89.6 cm³/mol. The molecule has 4 N–H and O–H groups in total. The molecule has 0 aliphatic rings. The van der Waals surface area contributed by atoms with E-state index in [1.54, 1.807) is 6.07 Å². The smallest absolute Gasteiger partial charge is 0.336 e. The van der Waals surface area contributed by atoms with Gasteiger partial charge in [-0.05, 0) is 55.7 Å². The molecule has 0 amide bonds. The monoisotopic (exact) mass is 338 g/mol. The zero-order chi connectivity index (χ0) is 17.9. The van der Waals surface area contributed by atoms with Gasteiger partial charge in [-0.1, -0.05) is 18.9 Å². The van der Waals surface area contributed by atoms with Crippen LogP contribution in [0.3, 0.4) is 0 Å². The molecule has 0 unspecified atom stereocenters. The van der Waals surface area contributed by atoms with E-state index >= 15 is 0 Å². The number of carboxylic acid groups (broad SMARTS) is 2. The number of carbonyl (C=O) groups is 2. The van der Waals surface area contributed by atoms with Gasteiger partial charge in [-0.3, -0.25) is 0 Å². The quantitative estimate of drug-likeness (QED) is 0.435. The number of hydrogen-bond acceptors (Lipinski definition) is 4. The molecule has 6 heteroatoms. The molecular weight excluding hydrogens is 312 g/mol. The highest BCUT2D eigenvalue weighted by molar-refractivity contribution is 5.97. The number of hydrogen-bond donors (Lipinski definition) is 4. The lowest BCUT2D eigenvalue weighted by atomic mass is 9.90. The third-order valence-corrected chi connectivity index (χ3v) is 4.03. The van der Waals surface area contributed by atoms with Gasteiger partial charge in [0.2, 0.25) is 0 Å². The number of unbranched alkanes of at least 4 members (excludes halogenated alkanes) is 4. The van der Waals surface area contributed by atoms with Crippen molar-refractivity contribution < 1.29 is 30.0 Å². The van der Waals surface area contributed by atoms with Crippen LogP contribution in [0.1, 0.15) is 70.4 Å². The molecule has 0 radical (unpaired) electrons. The molecule has 0 aliphatic carbocycles. The Morgan fingerprint density at radius 3 is 1.83 bits per heavy atom. The maximum Gasteiger partial charge on any atom is 0.336 e. The van der Waals surface area contributed by atoms with Gasteiger partial charge in [0.25, 0.3) is 0 Å². The Labute approximate surface area is 141 Å². The SMILES string of the molecule is O=C(O)c1ccc(CCCCCO)c(C(=O)O)c1CCCCCO. The summed E-state index contributed by atoms with van der Waals surface area (Å²) in [6.45, 7) is 0.183. The molecule has 0 aliphatic heterocycles. The second kappa shape index (κ2) is 10.8. The Balaban J connectivity index is 3.07. The predicted octanol–water partition coefficient (Wildman–Crippen LogP) is 2.49. The van der Waals surface area contributed by atoms with Crippen LogP contribution in [0.15, 0.2) is 12.1 Å². The Kier molecular flexibility index (Phi) is 9.04. The van der Waals surface area contributed by atoms with Crippen molar-refractivity contribution in [2.75, 3.05) is 13.2 Å². The van der Waals surface area contributed by atoms with Crippen molar-refractivity contribution in [2.45, 2.75) is 51.4 Å². The molecule has 1 aromatic carbocycles. The minimum atomic E-state index is -1.12. The molecule has 0 saturated heterocycles. The minimum Gasteiger partial charge on any atom is -0.478 e. The summed E-state index contributed by atoms with van der Waals surface area (Å²) in [5.74, 6) is -2.23. The Morgan fingerprint density at radius 1 is 0.750 bits per heavy atom. The maximum absolute atomic E-state index is 11.7. The molecule has 0 spiro atoms. The van der Waals surface area contributed by atoms with Crippen molar-refractivity contribution in [1.82, 2.24) is 0 Å². The third-order valence-electron chi connectivity index (χ3n) is 4.03. The van der Waals surface area contributed by atoms with Gasteiger partial charge >= 0.3 is 11.9 Å². The minimum absolute atomic E-state index is 0.0375. The summed E-state index contributed by atoms with van der Waals surface area (Å²) in [6.07, 6.45) is 5.10. The van der Waals surface area contributed by atoms with Crippen molar-refractivity contribution in [2.24, 2.45) is 0 Å². The van der Waals surface area contributed by atoms with Crippen LogP contribution < -0.4 is 0 Å². The van der Waals surface area contributed by atoms with Gasteiger partial charge in [-0.2, -0.15) is 0 Å². The van der Waals surface area contributed by atoms with E-state index < -0.39 is 11.9 Å². The van der Waals surface area contributed by atoms with Crippen LogP contribution in [-0.4, -0.2) is 45.6 Å². The van der Waals surface area contributed by atoms with E-state index in [2.05, 4.69) is 0 Å². The lowest BCUT2D eigenvalue weighted by molar-refractivity contribution is 0.0694. The number of aliphatic hydroxyl groups excluding tert-OH is 2. The summed E-state index contributed by atoms with van der Waals surface area (Å²) in [6, 6.07) is 3.07. The van der Waals surface area contributed by atoms with E-state index in [1.165, 1.54) is 6.07 Å². The summed E-state index contributed by atoms with van der Waals surface area (Å²) in [4.78, 5) is 23.2. The molecule has 0 atom stereocenters. The normalized spacial score (nSPS) is 10.8. The van der Waals surface area contributed by atoms with E-state index in [0.717, 1.165) is 19.3 Å². The van der Waals surface area contributed by atoms with Crippen LogP contribution in [0, 0.1) is 0 Å². The van der Waals surface area contributed by atoms with Gasteiger partial charge in [0.15, 0.2) is 0 Å². The van der Waals surface area contributed by atoms with E-state index in [4.69, 9.17) is 10.2 Å². The third kappa shape index (κ3) is 5.94. The summed E-state index contributed by atoms with van der Waals surface area (Å²) in [5, 5.41) is 36.6. The van der Waals surface area contributed by atoms with E-state index in [0.29, 0.717) is 43.2 Å². The topological polar surface area (TPSA) is 115 Å². The molecule has 1 rings (SSSR count). The molecule has 0 aromatic heterocycles. The first kappa shape index (κ1) is 20.1. The zero-order valence-electron chi connectivity index (χ0n) is 13.8. The van der Waals surface area contributed by atoms with Crippen LogP contribution in [0.25, 0.3) is 0 Å². The molecular formula is C18H26O6. The van der Waals surface area contributed by atoms with E-state index in [-0.39, 0.29) is 24.3 Å². The van der Waals surface area contributed by atoms with E-state index in [9.17, 15) is 19.8 Å². The largest absolute Gasteiger partial charge is 0.478 e. The second-order valence-corrected chi connectivity index (χ2v) is 5.80. The van der Waals surface area contributed by atoms with Crippen molar-refractivity contribution in [3.05, 3.63) is 34.4 Å². The number of rotatable bonds is 12. The average molecular weight is 338 g/mol. The number of aromatic carboxylic acids is 2.